The van der Waals surface area contributed by atoms with Crippen molar-refractivity contribution in [2.24, 2.45) is 7.05 Å². The molecule has 0 fully saturated rings. The van der Waals surface area contributed by atoms with Gasteiger partial charge in [-0.05, 0) is 49.7 Å². The predicted octanol–water partition coefficient (Wildman–Crippen LogP) is 4.99. The number of carbonyl (C=O) groups excluding carboxylic acids is 1. The quantitative estimate of drug-likeness (QED) is 0.390. The number of imidazole rings is 1. The molecule has 1 N–H and O–H groups in total. The Kier molecular flexibility index (Phi) is 6.95. The van der Waals surface area contributed by atoms with Crippen molar-refractivity contribution in [3.63, 3.8) is 0 Å². The molecule has 0 aliphatic heterocycles. The van der Waals surface area contributed by atoms with Crippen molar-refractivity contribution in [1.29, 1.82) is 0 Å². The van der Waals surface area contributed by atoms with Gasteiger partial charge in [0.15, 0.2) is 0 Å². The molecule has 2 aromatic heterocycles. The van der Waals surface area contributed by atoms with Crippen LogP contribution in [0.5, 0.6) is 5.75 Å². The summed E-state index contributed by atoms with van der Waals surface area (Å²) in [6, 6.07) is 12.4. The van der Waals surface area contributed by atoms with E-state index in [-0.39, 0.29) is 12.3 Å². The lowest BCUT2D eigenvalue weighted by molar-refractivity contribution is -0.121. The van der Waals surface area contributed by atoms with E-state index in [9.17, 15) is 4.79 Å². The minimum atomic E-state index is -0.441. The second kappa shape index (κ2) is 9.91. The van der Waals surface area contributed by atoms with E-state index >= 15 is 0 Å². The lowest BCUT2D eigenvalue weighted by atomic mass is 10.0. The molecule has 0 aliphatic carbocycles. The van der Waals surface area contributed by atoms with E-state index in [1.54, 1.807) is 30.1 Å². The number of nitrogens with one attached hydrogen (secondary N) is 1. The molecule has 0 bridgehead atoms. The van der Waals surface area contributed by atoms with Crippen LogP contribution in [0.4, 0.5) is 0 Å². The van der Waals surface area contributed by atoms with Crippen LogP contribution in [-0.2, 0) is 18.3 Å². The second-order valence-corrected chi connectivity index (χ2v) is 8.85. The SMILES string of the molecule is COc1cccc(C(NC(=O)Cc2c(C)nn(-c3ccc(Cl)cc3Cl)c2C)c2nccn2C)c1. The number of ether oxygens (including phenoxy) is 1. The van der Waals surface area contributed by atoms with Crippen LogP contribution < -0.4 is 10.1 Å². The summed E-state index contributed by atoms with van der Waals surface area (Å²) in [4.78, 5) is 17.7. The fraction of sp³-hybridized carbons (Fsp3) is 0.240. The van der Waals surface area contributed by atoms with Crippen LogP contribution in [0.3, 0.4) is 0 Å². The van der Waals surface area contributed by atoms with E-state index in [0.29, 0.717) is 21.5 Å². The second-order valence-electron chi connectivity index (χ2n) is 8.01. The first-order chi connectivity index (χ1) is 16.3. The molecule has 0 radical (unpaired) electrons. The van der Waals surface area contributed by atoms with E-state index in [2.05, 4.69) is 15.4 Å². The normalized spacial score (nSPS) is 11.9. The number of carbonyl (C=O) groups is 1. The van der Waals surface area contributed by atoms with Gasteiger partial charge in [0.25, 0.3) is 0 Å². The number of aryl methyl sites for hydroxylation is 2. The highest BCUT2D eigenvalue weighted by Gasteiger charge is 2.23. The molecule has 2 aromatic carbocycles. The summed E-state index contributed by atoms with van der Waals surface area (Å²) in [6.07, 6.45) is 3.72. The van der Waals surface area contributed by atoms with Crippen molar-refractivity contribution in [1.82, 2.24) is 24.6 Å². The molecule has 34 heavy (non-hydrogen) atoms. The van der Waals surface area contributed by atoms with Crippen molar-refractivity contribution in [2.75, 3.05) is 7.11 Å². The standard InChI is InChI=1S/C25H25Cl2N5O2/c1-15-20(16(2)32(30-15)22-9-8-18(26)13-21(22)27)14-23(33)29-24(25-28-10-11-31(25)3)17-6-5-7-19(12-17)34-4/h5-13,24H,14H2,1-4H3,(H,29,33). The van der Waals surface area contributed by atoms with Gasteiger partial charge < -0.3 is 14.6 Å². The third kappa shape index (κ3) is 4.81. The number of amides is 1. The summed E-state index contributed by atoms with van der Waals surface area (Å²) < 4.78 is 9.01. The summed E-state index contributed by atoms with van der Waals surface area (Å²) in [6.45, 7) is 3.81. The lowest BCUT2D eigenvalue weighted by Crippen LogP contribution is -2.32. The molecule has 0 spiro atoms. The summed E-state index contributed by atoms with van der Waals surface area (Å²) >= 11 is 12.4. The van der Waals surface area contributed by atoms with E-state index in [4.69, 9.17) is 27.9 Å². The van der Waals surface area contributed by atoms with Gasteiger partial charge in [0.05, 0.1) is 29.9 Å². The van der Waals surface area contributed by atoms with Crippen LogP contribution in [0, 0.1) is 13.8 Å². The van der Waals surface area contributed by atoms with Gasteiger partial charge in [0, 0.05) is 35.7 Å². The fourth-order valence-corrected chi connectivity index (χ4v) is 4.45. The molecular weight excluding hydrogens is 473 g/mol. The fourth-order valence-electron chi connectivity index (χ4n) is 3.96. The number of aromatic nitrogens is 4. The smallest absolute Gasteiger partial charge is 0.225 e. The topological polar surface area (TPSA) is 74.0 Å². The van der Waals surface area contributed by atoms with Crippen molar-refractivity contribution in [2.45, 2.75) is 26.3 Å². The van der Waals surface area contributed by atoms with Gasteiger partial charge in [-0.1, -0.05) is 35.3 Å². The zero-order valence-electron chi connectivity index (χ0n) is 19.3. The average Bonchev–Trinajstić information content (AvgIpc) is 3.35. The van der Waals surface area contributed by atoms with Gasteiger partial charge in [-0.15, -0.1) is 0 Å². The monoisotopic (exact) mass is 497 g/mol. The molecule has 1 unspecified atom stereocenters. The molecule has 0 aliphatic rings. The van der Waals surface area contributed by atoms with Gasteiger partial charge in [0.2, 0.25) is 5.91 Å². The number of benzene rings is 2. The molecule has 9 heteroatoms. The van der Waals surface area contributed by atoms with Crippen molar-refractivity contribution in [3.05, 3.63) is 93.2 Å². The molecule has 0 saturated carbocycles. The third-order valence-corrected chi connectivity index (χ3v) is 6.30. The minimum absolute atomic E-state index is 0.149. The van der Waals surface area contributed by atoms with Gasteiger partial charge >= 0.3 is 0 Å². The third-order valence-electron chi connectivity index (χ3n) is 5.77. The largest absolute Gasteiger partial charge is 0.497 e. The number of nitrogens with zero attached hydrogens (tertiary/aromatic N) is 4. The average molecular weight is 498 g/mol. The highest BCUT2D eigenvalue weighted by molar-refractivity contribution is 6.35. The Bertz CT molecular complexity index is 1350. The Morgan fingerprint density at radius 2 is 1.97 bits per heavy atom. The molecule has 1 amide bonds. The molecule has 176 valence electrons. The maximum absolute atomic E-state index is 13.3. The first kappa shape index (κ1) is 23.9. The molecule has 1 atom stereocenters. The molecule has 4 rings (SSSR count). The van der Waals surface area contributed by atoms with Crippen LogP contribution in [0.25, 0.3) is 5.69 Å². The van der Waals surface area contributed by atoms with E-state index in [1.807, 2.05) is 62.0 Å². The Morgan fingerprint density at radius 1 is 1.18 bits per heavy atom. The lowest BCUT2D eigenvalue weighted by Gasteiger charge is -2.20. The number of halogens is 2. The van der Waals surface area contributed by atoms with Gasteiger partial charge in [0.1, 0.15) is 17.6 Å². The Labute approximate surface area is 208 Å². The van der Waals surface area contributed by atoms with Crippen LogP contribution in [-0.4, -0.2) is 32.3 Å². The molecule has 0 saturated heterocycles. The molecule has 2 heterocycles. The van der Waals surface area contributed by atoms with Crippen molar-refractivity contribution >= 4 is 29.1 Å². The number of hydrogen-bond acceptors (Lipinski definition) is 4. The first-order valence-electron chi connectivity index (χ1n) is 10.7. The van der Waals surface area contributed by atoms with E-state index in [1.165, 1.54) is 0 Å². The van der Waals surface area contributed by atoms with Gasteiger partial charge in [-0.25, -0.2) is 9.67 Å². The Hall–Kier alpha value is -3.29. The van der Waals surface area contributed by atoms with Crippen molar-refractivity contribution in [3.8, 4) is 11.4 Å². The summed E-state index contributed by atoms with van der Waals surface area (Å²) in [5.41, 5.74) is 4.02. The van der Waals surface area contributed by atoms with Crippen LogP contribution in [0.15, 0.2) is 54.9 Å². The van der Waals surface area contributed by atoms with E-state index < -0.39 is 6.04 Å². The van der Waals surface area contributed by atoms with E-state index in [0.717, 1.165) is 28.3 Å². The number of hydrogen-bond donors (Lipinski definition) is 1. The molecule has 7 nitrogen and oxygen atoms in total. The highest BCUT2D eigenvalue weighted by atomic mass is 35.5. The zero-order valence-corrected chi connectivity index (χ0v) is 20.9. The summed E-state index contributed by atoms with van der Waals surface area (Å²) in [7, 11) is 3.51. The minimum Gasteiger partial charge on any atom is -0.497 e. The number of rotatable bonds is 7. The zero-order chi connectivity index (χ0) is 24.4. The maximum Gasteiger partial charge on any atom is 0.225 e. The maximum atomic E-state index is 13.3. The first-order valence-corrected chi connectivity index (χ1v) is 11.4. The predicted molar refractivity (Wildman–Crippen MR) is 133 cm³/mol. The highest BCUT2D eigenvalue weighted by Crippen LogP contribution is 2.28. The van der Waals surface area contributed by atoms with Crippen molar-refractivity contribution < 1.29 is 9.53 Å². The summed E-state index contributed by atoms with van der Waals surface area (Å²) in [5.74, 6) is 1.28. The summed E-state index contributed by atoms with van der Waals surface area (Å²) in [5, 5.41) is 8.80. The molecule has 4 aromatic rings. The Morgan fingerprint density at radius 3 is 2.65 bits per heavy atom. The van der Waals surface area contributed by atoms with Crippen LogP contribution in [0.1, 0.15) is 34.4 Å². The van der Waals surface area contributed by atoms with Crippen LogP contribution >= 0.6 is 23.2 Å². The van der Waals surface area contributed by atoms with Gasteiger partial charge in [-0.3, -0.25) is 4.79 Å². The molecular formula is C25H25Cl2N5O2. The Balaban J connectivity index is 1.62. The van der Waals surface area contributed by atoms with Crippen LogP contribution in [0.2, 0.25) is 10.0 Å². The van der Waals surface area contributed by atoms with Gasteiger partial charge in [-0.2, -0.15) is 5.10 Å². The number of methoxy groups -OCH3 is 1.